The van der Waals surface area contributed by atoms with E-state index in [0.717, 1.165) is 20.5 Å². The van der Waals surface area contributed by atoms with Crippen molar-refractivity contribution >= 4 is 49.5 Å². The molecule has 4 aromatic rings. The van der Waals surface area contributed by atoms with E-state index < -0.39 is 22.7 Å². The molecule has 0 saturated heterocycles. The van der Waals surface area contributed by atoms with Gasteiger partial charge in [-0.1, -0.05) is 28.1 Å². The monoisotopic (exact) mass is 518 g/mol. The van der Waals surface area contributed by atoms with E-state index in [4.69, 9.17) is 4.84 Å². The zero-order chi connectivity index (χ0) is 23.0. The van der Waals surface area contributed by atoms with E-state index in [2.05, 4.69) is 36.2 Å². The lowest BCUT2D eigenvalue weighted by molar-refractivity contribution is -0.123. The second-order valence-corrected chi connectivity index (χ2v) is 9.26. The van der Waals surface area contributed by atoms with Crippen LogP contribution in [-0.4, -0.2) is 37.3 Å². The largest absolute Gasteiger partial charge is 0.411 e. The van der Waals surface area contributed by atoms with Gasteiger partial charge in [-0.3, -0.25) is 24.5 Å². The minimum absolute atomic E-state index is 0.0154. The third kappa shape index (κ3) is 3.98. The number of nitrogens with one attached hydrogen (secondary N) is 2. The third-order valence-corrected chi connectivity index (χ3v) is 6.30. The van der Waals surface area contributed by atoms with Crippen molar-refractivity contribution in [2.75, 3.05) is 12.4 Å². The predicted molar refractivity (Wildman–Crippen MR) is 124 cm³/mol. The van der Waals surface area contributed by atoms with Crippen molar-refractivity contribution < 1.29 is 9.63 Å². The number of carbonyl (C=O) groups excluding carboxylic acids is 1. The molecular weight excluding hydrogens is 500 g/mol. The van der Waals surface area contributed by atoms with Crippen molar-refractivity contribution in [1.29, 1.82) is 0 Å². The summed E-state index contributed by atoms with van der Waals surface area (Å²) in [6.45, 7) is 3.29. The Labute approximate surface area is 194 Å². The number of fused-ring (bicyclic) bond motifs is 1. The summed E-state index contributed by atoms with van der Waals surface area (Å²) in [5.41, 5.74) is -0.643. The molecule has 1 aromatic carbocycles. The van der Waals surface area contributed by atoms with Crippen LogP contribution in [0.3, 0.4) is 0 Å². The van der Waals surface area contributed by atoms with Crippen LogP contribution in [0.1, 0.15) is 25.1 Å². The Morgan fingerprint density at radius 2 is 2.00 bits per heavy atom. The second-order valence-electron chi connectivity index (χ2n) is 7.48. The maximum Gasteiger partial charge on any atom is 0.363 e. The topological polar surface area (TPSA) is 124 Å². The smallest absolute Gasteiger partial charge is 0.363 e. The fraction of sp³-hybridized carbons (Fsp3) is 0.250. The highest BCUT2D eigenvalue weighted by molar-refractivity contribution is 9.10. The van der Waals surface area contributed by atoms with Crippen LogP contribution in [0, 0.1) is 0 Å². The number of rotatable bonds is 6. The lowest BCUT2D eigenvalue weighted by atomic mass is 10.0. The van der Waals surface area contributed by atoms with Gasteiger partial charge in [-0.05, 0) is 31.5 Å². The van der Waals surface area contributed by atoms with Crippen LogP contribution >= 0.6 is 27.3 Å². The first-order valence-corrected chi connectivity index (χ1v) is 11.2. The molecule has 2 N–H and O–H groups in total. The molecule has 3 aromatic heterocycles. The maximum atomic E-state index is 13.1. The Kier molecular flexibility index (Phi) is 5.73. The van der Waals surface area contributed by atoms with Crippen LogP contribution in [0.15, 0.2) is 50.0 Å². The molecule has 0 bridgehead atoms. The molecule has 0 fully saturated rings. The molecule has 12 heteroatoms. The molecule has 4 rings (SSSR count). The van der Waals surface area contributed by atoms with Crippen LogP contribution < -0.4 is 21.4 Å². The number of halogens is 1. The number of benzene rings is 1. The van der Waals surface area contributed by atoms with Gasteiger partial charge < -0.3 is 4.84 Å². The summed E-state index contributed by atoms with van der Waals surface area (Å²) in [4.78, 5) is 53.2. The van der Waals surface area contributed by atoms with Gasteiger partial charge in [0, 0.05) is 16.3 Å². The molecule has 0 radical (unpaired) electrons. The van der Waals surface area contributed by atoms with E-state index in [0.29, 0.717) is 11.6 Å². The zero-order valence-corrected chi connectivity index (χ0v) is 19.8. The molecule has 0 spiro atoms. The Bertz CT molecular complexity index is 1420. The van der Waals surface area contributed by atoms with Crippen molar-refractivity contribution in [3.8, 4) is 0 Å². The van der Waals surface area contributed by atoms with Gasteiger partial charge in [-0.15, -0.1) is 16.1 Å². The highest BCUT2D eigenvalue weighted by atomic mass is 79.9. The molecule has 1 amide bonds. The summed E-state index contributed by atoms with van der Waals surface area (Å²) in [6.07, 6.45) is 1.97. The fourth-order valence-electron chi connectivity index (χ4n) is 3.19. The van der Waals surface area contributed by atoms with E-state index in [9.17, 15) is 14.4 Å². The van der Waals surface area contributed by atoms with Gasteiger partial charge in [0.25, 0.3) is 11.5 Å². The number of aromatic amines is 1. The maximum absolute atomic E-state index is 13.1. The number of aromatic nitrogens is 5. The lowest BCUT2D eigenvalue weighted by Gasteiger charge is -2.25. The first-order chi connectivity index (χ1) is 15.2. The van der Waals surface area contributed by atoms with Gasteiger partial charge in [0.05, 0.1) is 12.0 Å². The van der Waals surface area contributed by atoms with Crippen molar-refractivity contribution in [2.24, 2.45) is 0 Å². The number of H-pyrrole nitrogens is 1. The quantitative estimate of drug-likeness (QED) is 0.402. The van der Waals surface area contributed by atoms with Crippen LogP contribution in [0.25, 0.3) is 11.2 Å². The van der Waals surface area contributed by atoms with Crippen LogP contribution in [0.5, 0.6) is 0 Å². The first-order valence-electron chi connectivity index (χ1n) is 9.48. The van der Waals surface area contributed by atoms with Crippen LogP contribution in [-0.2, 0) is 16.8 Å². The molecular formula is C20H19BrN6O4S. The van der Waals surface area contributed by atoms with E-state index >= 15 is 0 Å². The van der Waals surface area contributed by atoms with Crippen LogP contribution in [0.4, 0.5) is 5.13 Å². The highest BCUT2D eigenvalue weighted by Gasteiger charge is 2.33. The molecule has 3 heterocycles. The van der Waals surface area contributed by atoms with Gasteiger partial charge in [-0.25, -0.2) is 14.8 Å². The molecule has 0 aliphatic carbocycles. The highest BCUT2D eigenvalue weighted by Crippen LogP contribution is 2.24. The van der Waals surface area contributed by atoms with Crippen molar-refractivity contribution in [3.05, 3.63) is 72.5 Å². The molecule has 10 nitrogen and oxygen atoms in total. The minimum atomic E-state index is -1.22. The molecule has 32 heavy (non-hydrogen) atoms. The van der Waals surface area contributed by atoms with Gasteiger partial charge in [0.1, 0.15) is 12.6 Å². The number of imidazole rings is 1. The SMILES string of the molecule is COn1c(=O)[nH]c(=O)c2ncn(C(C)(C)C(=O)Nc3nc(Cc4ccc(Br)cc4)cs3)c21. The number of amides is 1. The summed E-state index contributed by atoms with van der Waals surface area (Å²) in [6, 6.07) is 7.94. The fourth-order valence-corrected chi connectivity index (χ4v) is 4.16. The van der Waals surface area contributed by atoms with Crippen LogP contribution in [0.2, 0.25) is 0 Å². The van der Waals surface area contributed by atoms with E-state index in [-0.39, 0.29) is 11.2 Å². The number of hydrogen-bond donors (Lipinski definition) is 2. The summed E-state index contributed by atoms with van der Waals surface area (Å²) in [7, 11) is 1.28. The summed E-state index contributed by atoms with van der Waals surface area (Å²) >= 11 is 4.73. The van der Waals surface area contributed by atoms with E-state index in [1.54, 1.807) is 13.8 Å². The van der Waals surface area contributed by atoms with E-state index in [1.165, 1.54) is 29.3 Å². The van der Waals surface area contributed by atoms with Gasteiger partial charge >= 0.3 is 5.69 Å². The molecule has 166 valence electrons. The summed E-state index contributed by atoms with van der Waals surface area (Å²) < 4.78 is 3.31. The minimum Gasteiger partial charge on any atom is -0.411 e. The Morgan fingerprint density at radius 3 is 2.69 bits per heavy atom. The van der Waals surface area contributed by atoms with E-state index in [1.807, 2.05) is 29.6 Å². The average molecular weight is 519 g/mol. The number of hydrogen-bond acceptors (Lipinski definition) is 7. The van der Waals surface area contributed by atoms with Crippen molar-refractivity contribution in [1.82, 2.24) is 24.2 Å². The van der Waals surface area contributed by atoms with Crippen molar-refractivity contribution in [2.45, 2.75) is 25.8 Å². The van der Waals surface area contributed by atoms with Gasteiger partial charge in [0.15, 0.2) is 16.3 Å². The Hall–Kier alpha value is -3.25. The summed E-state index contributed by atoms with van der Waals surface area (Å²) in [5.74, 6) is -0.392. The lowest BCUT2D eigenvalue weighted by Crippen LogP contribution is -2.42. The molecule has 0 aliphatic rings. The molecule has 0 unspecified atom stereocenters. The number of thiazole rings is 1. The van der Waals surface area contributed by atoms with Gasteiger partial charge in [-0.2, -0.15) is 0 Å². The molecule has 0 saturated carbocycles. The third-order valence-electron chi connectivity index (χ3n) is 4.97. The Morgan fingerprint density at radius 1 is 1.28 bits per heavy atom. The standard InChI is InChI=1S/C20H19BrN6O4S/c1-20(2,26-10-22-14-15(28)24-19(30)27(31-3)16(14)26)17(29)25-18-23-13(9-32-18)8-11-4-6-12(21)7-5-11/h4-7,9-10H,8H2,1-3H3,(H,23,25,29)(H,24,28,30). The van der Waals surface area contributed by atoms with Crippen molar-refractivity contribution in [3.63, 3.8) is 0 Å². The second kappa shape index (κ2) is 8.36. The molecule has 0 atom stereocenters. The normalized spacial score (nSPS) is 11.6. The zero-order valence-electron chi connectivity index (χ0n) is 17.4. The predicted octanol–water partition coefficient (Wildman–Crippen LogP) is 2.13. The number of anilines is 1. The number of nitrogens with zero attached hydrogens (tertiary/aromatic N) is 4. The Balaban J connectivity index is 1.60. The molecule has 0 aliphatic heterocycles. The summed E-state index contributed by atoms with van der Waals surface area (Å²) in [5, 5.41) is 5.15. The first kappa shape index (κ1) is 22.0. The average Bonchev–Trinajstić information content (AvgIpc) is 3.38. The van der Waals surface area contributed by atoms with Gasteiger partial charge in [0.2, 0.25) is 0 Å². The number of carbonyl (C=O) groups is 1.